The predicted molar refractivity (Wildman–Crippen MR) is 179 cm³/mol. The molecule has 2 N–H and O–H groups in total. The summed E-state index contributed by atoms with van der Waals surface area (Å²) in [4.78, 5) is 0.0742. The van der Waals surface area contributed by atoms with E-state index in [0.29, 0.717) is 0 Å². The fourth-order valence-electron chi connectivity index (χ4n) is 10.3. The Morgan fingerprint density at radius 2 is 0.622 bits per heavy atom. The average Bonchev–Trinajstić information content (AvgIpc) is 2.76. The SMILES string of the molecule is CCCCCCCCCCCCCCCC(N)([Si](C(C)C)(C(C)C)C(C)C)[Si](C(C)C)(C(C)C)C(C)C. The summed E-state index contributed by atoms with van der Waals surface area (Å²) in [5, 5.41) is 0. The maximum atomic E-state index is 8.22. The van der Waals surface area contributed by atoms with Crippen molar-refractivity contribution < 1.29 is 0 Å². The Hall–Kier alpha value is 0.394. The van der Waals surface area contributed by atoms with Gasteiger partial charge >= 0.3 is 0 Å². The summed E-state index contributed by atoms with van der Waals surface area (Å²) in [6.07, 6.45) is 19.8. The van der Waals surface area contributed by atoms with Crippen LogP contribution in [0.4, 0.5) is 0 Å². The van der Waals surface area contributed by atoms with Gasteiger partial charge in [-0.2, -0.15) is 0 Å². The van der Waals surface area contributed by atoms with Crippen molar-refractivity contribution in [2.75, 3.05) is 0 Å². The summed E-state index contributed by atoms with van der Waals surface area (Å²) in [5.74, 6) is 0. The number of hydrogen-bond donors (Lipinski definition) is 1. The third-order valence-corrected chi connectivity index (χ3v) is 28.6. The summed E-state index contributed by atoms with van der Waals surface area (Å²) < 4.78 is 0. The fraction of sp³-hybridized carbons (Fsp3) is 1.00. The lowest BCUT2D eigenvalue weighted by molar-refractivity contribution is 0.503. The molecule has 0 bridgehead atoms. The molecule has 0 saturated heterocycles. The first kappa shape index (κ1) is 37.4. The Labute approximate surface area is 239 Å². The van der Waals surface area contributed by atoms with Gasteiger partial charge in [0, 0.05) is 4.79 Å². The van der Waals surface area contributed by atoms with Gasteiger partial charge in [-0.3, -0.25) is 0 Å². The van der Waals surface area contributed by atoms with Crippen molar-refractivity contribution in [3.63, 3.8) is 0 Å². The van der Waals surface area contributed by atoms with Crippen molar-refractivity contribution in [2.24, 2.45) is 5.73 Å². The molecule has 0 radical (unpaired) electrons. The predicted octanol–water partition coefficient (Wildman–Crippen LogP) is 12.6. The van der Waals surface area contributed by atoms with E-state index in [4.69, 9.17) is 5.73 Å². The fourth-order valence-corrected chi connectivity index (χ4v) is 33.9. The Morgan fingerprint density at radius 3 is 0.838 bits per heavy atom. The van der Waals surface area contributed by atoms with Crippen LogP contribution in [0, 0.1) is 0 Å². The van der Waals surface area contributed by atoms with E-state index in [1.807, 2.05) is 0 Å². The van der Waals surface area contributed by atoms with E-state index in [-0.39, 0.29) is 4.79 Å². The zero-order valence-corrected chi connectivity index (χ0v) is 30.4. The largest absolute Gasteiger partial charge is 0.330 e. The van der Waals surface area contributed by atoms with Crippen LogP contribution in [0.1, 0.15) is 180 Å². The molecule has 0 aromatic heterocycles. The van der Waals surface area contributed by atoms with Crippen molar-refractivity contribution in [2.45, 2.75) is 218 Å². The number of nitrogens with two attached hydrogens (primary N) is 1. The monoisotopic (exact) mass is 554 g/mol. The lowest BCUT2D eigenvalue weighted by Crippen LogP contribution is -2.83. The molecule has 1 nitrogen and oxygen atoms in total. The van der Waals surface area contributed by atoms with Crippen LogP contribution in [-0.4, -0.2) is 20.9 Å². The van der Waals surface area contributed by atoms with Crippen LogP contribution < -0.4 is 5.73 Å². The van der Waals surface area contributed by atoms with Crippen LogP contribution in [0.15, 0.2) is 0 Å². The van der Waals surface area contributed by atoms with Crippen LogP contribution in [0.25, 0.3) is 0 Å². The zero-order chi connectivity index (χ0) is 28.9. The van der Waals surface area contributed by atoms with E-state index in [1.54, 1.807) is 0 Å². The maximum Gasteiger partial charge on any atom is 0.0801 e. The lowest BCUT2D eigenvalue weighted by Gasteiger charge is -2.66. The van der Waals surface area contributed by atoms with Gasteiger partial charge in [0.05, 0.1) is 16.1 Å². The van der Waals surface area contributed by atoms with Crippen LogP contribution in [0.5, 0.6) is 0 Å². The Balaban J connectivity index is 5.54. The molecule has 0 aliphatic carbocycles. The molecule has 0 aliphatic rings. The minimum Gasteiger partial charge on any atom is -0.330 e. The Bertz CT molecular complexity index is 489. The van der Waals surface area contributed by atoms with E-state index in [1.165, 1.54) is 89.9 Å². The molecule has 0 unspecified atom stereocenters. The molecule has 0 aromatic carbocycles. The molecule has 0 heterocycles. The molecule has 3 heteroatoms. The highest BCUT2D eigenvalue weighted by Gasteiger charge is 2.67. The van der Waals surface area contributed by atoms with Crippen molar-refractivity contribution in [1.82, 2.24) is 0 Å². The zero-order valence-electron chi connectivity index (χ0n) is 28.4. The van der Waals surface area contributed by atoms with E-state index in [0.717, 1.165) is 33.2 Å². The van der Waals surface area contributed by atoms with E-state index >= 15 is 0 Å². The quantitative estimate of drug-likeness (QED) is 0.105. The van der Waals surface area contributed by atoms with Gasteiger partial charge in [-0.05, 0) is 39.7 Å². The minimum absolute atomic E-state index is 0.0742. The van der Waals surface area contributed by atoms with Crippen molar-refractivity contribution in [1.29, 1.82) is 0 Å². The van der Waals surface area contributed by atoms with Gasteiger partial charge in [-0.1, -0.05) is 173 Å². The highest BCUT2D eigenvalue weighted by molar-refractivity contribution is 7.05. The van der Waals surface area contributed by atoms with Crippen LogP contribution in [0.2, 0.25) is 33.2 Å². The standard InChI is InChI=1S/C34H75NSi2/c1-14-15-16-17-18-19-20-21-22-23-24-25-26-27-34(35,36(28(2)3,29(4)5)30(6)7)37(31(8)9,32(10)11)33(12)13/h28-33H,14-27,35H2,1-13H3. The van der Waals surface area contributed by atoms with Gasteiger partial charge in [-0.25, -0.2) is 0 Å². The summed E-state index contributed by atoms with van der Waals surface area (Å²) in [6, 6.07) is 0. The molecule has 0 spiro atoms. The molecule has 0 saturated carbocycles. The number of rotatable bonds is 22. The smallest absolute Gasteiger partial charge is 0.0801 e. The van der Waals surface area contributed by atoms with Gasteiger partial charge in [0.1, 0.15) is 0 Å². The number of unbranched alkanes of at least 4 members (excludes halogenated alkanes) is 12. The summed E-state index contributed by atoms with van der Waals surface area (Å²) in [7, 11) is -3.74. The molecule has 0 atom stereocenters. The molecule has 224 valence electrons. The highest BCUT2D eigenvalue weighted by Crippen LogP contribution is 2.59. The molecular formula is C34H75NSi2. The van der Waals surface area contributed by atoms with Gasteiger partial charge in [0.2, 0.25) is 0 Å². The van der Waals surface area contributed by atoms with Gasteiger partial charge in [0.15, 0.2) is 0 Å². The normalized spacial score (nSPS) is 13.9. The van der Waals surface area contributed by atoms with E-state index in [9.17, 15) is 0 Å². The molecule has 0 aliphatic heterocycles. The second kappa shape index (κ2) is 18.0. The second-order valence-corrected chi connectivity index (χ2v) is 27.7. The first-order chi connectivity index (χ1) is 17.2. The van der Waals surface area contributed by atoms with Gasteiger partial charge in [0.25, 0.3) is 0 Å². The first-order valence-electron chi connectivity index (χ1n) is 17.0. The van der Waals surface area contributed by atoms with E-state index in [2.05, 4.69) is 90.0 Å². The van der Waals surface area contributed by atoms with Crippen LogP contribution in [-0.2, 0) is 0 Å². The van der Waals surface area contributed by atoms with Crippen molar-refractivity contribution in [3.8, 4) is 0 Å². The van der Waals surface area contributed by atoms with Crippen LogP contribution >= 0.6 is 0 Å². The minimum atomic E-state index is -1.87. The second-order valence-electron chi connectivity index (χ2n) is 14.8. The third kappa shape index (κ3) is 8.69. The van der Waals surface area contributed by atoms with Gasteiger partial charge < -0.3 is 5.73 Å². The van der Waals surface area contributed by atoms with Crippen LogP contribution in [0.3, 0.4) is 0 Å². The van der Waals surface area contributed by atoms with Gasteiger partial charge in [-0.15, -0.1) is 0 Å². The van der Waals surface area contributed by atoms with Crippen molar-refractivity contribution >= 4 is 16.1 Å². The molecule has 0 fully saturated rings. The summed E-state index contributed by atoms with van der Waals surface area (Å²) in [6.45, 7) is 32.9. The Kier molecular flexibility index (Phi) is 18.1. The molecule has 0 aromatic rings. The maximum absolute atomic E-state index is 8.22. The highest BCUT2D eigenvalue weighted by atomic mass is 28.4. The average molecular weight is 554 g/mol. The molecule has 0 rings (SSSR count). The van der Waals surface area contributed by atoms with E-state index < -0.39 is 16.1 Å². The molecular weight excluding hydrogens is 479 g/mol. The summed E-state index contributed by atoms with van der Waals surface area (Å²) in [5.41, 5.74) is 12.6. The topological polar surface area (TPSA) is 26.0 Å². The molecule has 0 amide bonds. The first-order valence-corrected chi connectivity index (χ1v) is 21.5. The lowest BCUT2D eigenvalue weighted by atomic mass is 10.0. The number of hydrogen-bond acceptors (Lipinski definition) is 1. The Morgan fingerprint density at radius 1 is 0.405 bits per heavy atom. The summed E-state index contributed by atoms with van der Waals surface area (Å²) >= 11 is 0. The third-order valence-electron chi connectivity index (χ3n) is 11.0. The molecule has 37 heavy (non-hydrogen) atoms. The van der Waals surface area contributed by atoms with Crippen molar-refractivity contribution in [3.05, 3.63) is 0 Å².